The van der Waals surface area contributed by atoms with Gasteiger partial charge in [0.2, 0.25) is 5.91 Å². The van der Waals surface area contributed by atoms with Crippen molar-refractivity contribution in [1.29, 1.82) is 0 Å². The van der Waals surface area contributed by atoms with Crippen molar-refractivity contribution < 1.29 is 19.4 Å². The first kappa shape index (κ1) is 14.4. The maximum absolute atomic E-state index is 11.5. The Morgan fingerprint density at radius 1 is 1.65 bits per heavy atom. The fourth-order valence-electron chi connectivity index (χ4n) is 1.91. The Bertz CT molecular complexity index is 217. The first-order chi connectivity index (χ1) is 8.22. The monoisotopic (exact) mass is 245 g/mol. The summed E-state index contributed by atoms with van der Waals surface area (Å²) in [5, 5.41) is 12.2. The van der Waals surface area contributed by atoms with E-state index in [2.05, 4.69) is 5.32 Å². The highest BCUT2D eigenvalue weighted by atomic mass is 16.5. The van der Waals surface area contributed by atoms with E-state index in [9.17, 15) is 9.90 Å². The normalized spacial score (nSPS) is 21.4. The molecule has 5 nitrogen and oxygen atoms in total. The summed E-state index contributed by atoms with van der Waals surface area (Å²) in [6, 6.07) is 0. The molecule has 0 saturated carbocycles. The zero-order chi connectivity index (χ0) is 12.5. The number of methoxy groups -OCH3 is 1. The zero-order valence-corrected chi connectivity index (χ0v) is 10.5. The van der Waals surface area contributed by atoms with E-state index in [1.165, 1.54) is 0 Å². The molecule has 1 aliphatic heterocycles. The maximum Gasteiger partial charge on any atom is 0.220 e. The molecule has 0 aromatic carbocycles. The van der Waals surface area contributed by atoms with Gasteiger partial charge >= 0.3 is 0 Å². The van der Waals surface area contributed by atoms with Crippen LogP contribution in [0.3, 0.4) is 0 Å². The van der Waals surface area contributed by atoms with E-state index in [1.807, 2.05) is 0 Å². The van der Waals surface area contributed by atoms with Gasteiger partial charge in [-0.1, -0.05) is 0 Å². The fraction of sp³-hybridized carbons (Fsp3) is 0.917. The summed E-state index contributed by atoms with van der Waals surface area (Å²) in [5.41, 5.74) is 0. The summed E-state index contributed by atoms with van der Waals surface area (Å²) in [6.45, 7) is 1.64. The van der Waals surface area contributed by atoms with Gasteiger partial charge in [-0.3, -0.25) is 4.79 Å². The minimum Gasteiger partial charge on any atom is -0.391 e. The van der Waals surface area contributed by atoms with E-state index in [-0.39, 0.29) is 12.0 Å². The zero-order valence-electron chi connectivity index (χ0n) is 10.5. The van der Waals surface area contributed by atoms with Gasteiger partial charge in [0.15, 0.2) is 0 Å². The second kappa shape index (κ2) is 8.44. The van der Waals surface area contributed by atoms with E-state index < -0.39 is 6.10 Å². The molecule has 1 saturated heterocycles. The van der Waals surface area contributed by atoms with Gasteiger partial charge in [-0.05, 0) is 25.7 Å². The van der Waals surface area contributed by atoms with Crippen LogP contribution >= 0.6 is 0 Å². The topological polar surface area (TPSA) is 67.8 Å². The molecule has 17 heavy (non-hydrogen) atoms. The largest absolute Gasteiger partial charge is 0.391 e. The van der Waals surface area contributed by atoms with Gasteiger partial charge in [0, 0.05) is 26.7 Å². The Morgan fingerprint density at radius 3 is 3.12 bits per heavy atom. The molecule has 0 bridgehead atoms. The standard InChI is InChI=1S/C12H23NO4/c1-16-9-10(14)6-7-13-12(15)5-4-11-3-2-8-17-11/h10-11,14H,2-9H2,1H3,(H,13,15). The molecular weight excluding hydrogens is 222 g/mol. The van der Waals surface area contributed by atoms with Gasteiger partial charge < -0.3 is 19.9 Å². The van der Waals surface area contributed by atoms with Gasteiger partial charge in [-0.25, -0.2) is 0 Å². The number of aliphatic hydroxyl groups is 1. The lowest BCUT2D eigenvalue weighted by Gasteiger charge is -2.11. The number of nitrogens with one attached hydrogen (secondary N) is 1. The van der Waals surface area contributed by atoms with Gasteiger partial charge in [0.25, 0.3) is 0 Å². The number of aliphatic hydroxyl groups excluding tert-OH is 1. The maximum atomic E-state index is 11.5. The molecule has 100 valence electrons. The number of carbonyl (C=O) groups is 1. The van der Waals surface area contributed by atoms with Crippen molar-refractivity contribution in [3.63, 3.8) is 0 Å². The van der Waals surface area contributed by atoms with Crippen LogP contribution in [0.1, 0.15) is 32.1 Å². The predicted octanol–water partition coefficient (Wildman–Crippen LogP) is 0.459. The number of amides is 1. The van der Waals surface area contributed by atoms with Crippen LogP contribution < -0.4 is 5.32 Å². The third-order valence-corrected chi connectivity index (χ3v) is 2.88. The summed E-state index contributed by atoms with van der Waals surface area (Å²) in [7, 11) is 1.55. The minimum absolute atomic E-state index is 0.0325. The van der Waals surface area contributed by atoms with E-state index in [4.69, 9.17) is 9.47 Å². The summed E-state index contributed by atoms with van der Waals surface area (Å²) in [6.07, 6.45) is 3.77. The first-order valence-corrected chi connectivity index (χ1v) is 6.27. The lowest BCUT2D eigenvalue weighted by Crippen LogP contribution is -2.29. The molecule has 0 aromatic rings. The molecular formula is C12H23NO4. The summed E-state index contributed by atoms with van der Waals surface area (Å²) >= 11 is 0. The quantitative estimate of drug-likeness (QED) is 0.652. The van der Waals surface area contributed by atoms with Crippen molar-refractivity contribution in [3.05, 3.63) is 0 Å². The van der Waals surface area contributed by atoms with Crippen LogP contribution in [-0.2, 0) is 14.3 Å². The van der Waals surface area contributed by atoms with Crippen molar-refractivity contribution >= 4 is 5.91 Å². The van der Waals surface area contributed by atoms with Gasteiger partial charge in [0.1, 0.15) is 0 Å². The minimum atomic E-state index is -0.501. The second-order valence-electron chi connectivity index (χ2n) is 4.42. The molecule has 2 atom stereocenters. The van der Waals surface area contributed by atoms with Gasteiger partial charge in [0.05, 0.1) is 18.8 Å². The summed E-state index contributed by atoms with van der Waals surface area (Å²) in [5.74, 6) is 0.0325. The summed E-state index contributed by atoms with van der Waals surface area (Å²) in [4.78, 5) is 11.5. The van der Waals surface area contributed by atoms with Crippen LogP contribution in [0.2, 0.25) is 0 Å². The molecule has 1 aliphatic rings. The molecule has 0 spiro atoms. The Labute approximate surface area is 102 Å². The molecule has 0 aromatic heterocycles. The van der Waals surface area contributed by atoms with Gasteiger partial charge in [-0.15, -0.1) is 0 Å². The average molecular weight is 245 g/mol. The number of hydrogen-bond acceptors (Lipinski definition) is 4. The SMILES string of the molecule is COCC(O)CCNC(=O)CCC1CCCO1. The summed E-state index contributed by atoms with van der Waals surface area (Å²) < 4.78 is 10.2. The highest BCUT2D eigenvalue weighted by molar-refractivity contribution is 5.75. The van der Waals surface area contributed by atoms with Crippen molar-refractivity contribution in [2.45, 2.75) is 44.3 Å². The van der Waals surface area contributed by atoms with Crippen molar-refractivity contribution in [3.8, 4) is 0 Å². The van der Waals surface area contributed by atoms with Crippen LogP contribution in [-0.4, -0.2) is 50.1 Å². The van der Waals surface area contributed by atoms with Gasteiger partial charge in [-0.2, -0.15) is 0 Å². The number of hydrogen-bond donors (Lipinski definition) is 2. The molecule has 1 rings (SSSR count). The smallest absolute Gasteiger partial charge is 0.220 e. The fourth-order valence-corrected chi connectivity index (χ4v) is 1.91. The Hall–Kier alpha value is -0.650. The van der Waals surface area contributed by atoms with Crippen LogP contribution in [0.5, 0.6) is 0 Å². The van der Waals surface area contributed by atoms with Crippen LogP contribution in [0, 0.1) is 0 Å². The molecule has 5 heteroatoms. The van der Waals surface area contributed by atoms with Crippen molar-refractivity contribution in [1.82, 2.24) is 5.32 Å². The number of rotatable bonds is 8. The molecule has 1 fully saturated rings. The average Bonchev–Trinajstić information content (AvgIpc) is 2.79. The predicted molar refractivity (Wildman–Crippen MR) is 63.7 cm³/mol. The van der Waals surface area contributed by atoms with Crippen molar-refractivity contribution in [2.75, 3.05) is 26.9 Å². The van der Waals surface area contributed by atoms with Crippen LogP contribution in [0.25, 0.3) is 0 Å². The van der Waals surface area contributed by atoms with E-state index >= 15 is 0 Å². The van der Waals surface area contributed by atoms with E-state index in [0.717, 1.165) is 25.9 Å². The van der Waals surface area contributed by atoms with E-state index in [1.54, 1.807) is 7.11 Å². The number of carbonyl (C=O) groups excluding carboxylic acids is 1. The van der Waals surface area contributed by atoms with Crippen molar-refractivity contribution in [2.24, 2.45) is 0 Å². The highest BCUT2D eigenvalue weighted by Crippen LogP contribution is 2.16. The molecule has 0 radical (unpaired) electrons. The first-order valence-electron chi connectivity index (χ1n) is 6.27. The number of ether oxygens (including phenoxy) is 2. The lowest BCUT2D eigenvalue weighted by atomic mass is 10.1. The molecule has 2 N–H and O–H groups in total. The lowest BCUT2D eigenvalue weighted by molar-refractivity contribution is -0.121. The molecule has 1 amide bonds. The molecule has 1 heterocycles. The van der Waals surface area contributed by atoms with Crippen LogP contribution in [0.15, 0.2) is 0 Å². The van der Waals surface area contributed by atoms with E-state index in [0.29, 0.717) is 26.0 Å². The third-order valence-electron chi connectivity index (χ3n) is 2.88. The Morgan fingerprint density at radius 2 is 2.47 bits per heavy atom. The Kier molecular flexibility index (Phi) is 7.16. The van der Waals surface area contributed by atoms with Crippen LogP contribution in [0.4, 0.5) is 0 Å². The highest BCUT2D eigenvalue weighted by Gasteiger charge is 2.16. The second-order valence-corrected chi connectivity index (χ2v) is 4.42. The molecule has 0 aliphatic carbocycles. The Balaban J connectivity index is 1.97. The third kappa shape index (κ3) is 6.61. The molecule has 2 unspecified atom stereocenters.